The smallest absolute Gasteiger partial charge is 0.214 e. The molecule has 1 aliphatic rings. The number of rotatable bonds is 6. The summed E-state index contributed by atoms with van der Waals surface area (Å²) in [5.74, 6) is 2.02. The number of nitrogens with two attached hydrogens (primary N) is 1. The van der Waals surface area contributed by atoms with Crippen LogP contribution >= 0.6 is 0 Å². The summed E-state index contributed by atoms with van der Waals surface area (Å²) in [5, 5.41) is 0. The van der Waals surface area contributed by atoms with Gasteiger partial charge in [-0.2, -0.15) is 0 Å². The zero-order chi connectivity index (χ0) is 15.7. The van der Waals surface area contributed by atoms with Crippen LogP contribution in [0.25, 0.3) is 0 Å². The molecule has 1 saturated heterocycles. The van der Waals surface area contributed by atoms with Crippen molar-refractivity contribution in [1.29, 1.82) is 0 Å². The third-order valence-electron chi connectivity index (χ3n) is 4.89. The summed E-state index contributed by atoms with van der Waals surface area (Å²) in [6.45, 7) is 19.7. The van der Waals surface area contributed by atoms with E-state index in [1.165, 1.54) is 0 Å². The number of hydrogen-bond acceptors (Lipinski definition) is 3. The van der Waals surface area contributed by atoms with Gasteiger partial charge in [0.2, 0.25) is 6.41 Å². The van der Waals surface area contributed by atoms with Crippen molar-refractivity contribution < 1.29 is 9.47 Å². The molecule has 0 amide bonds. The minimum Gasteiger partial charge on any atom is -0.333 e. The van der Waals surface area contributed by atoms with E-state index in [1.54, 1.807) is 0 Å². The molecule has 0 aromatic rings. The van der Waals surface area contributed by atoms with Crippen LogP contribution in [0.4, 0.5) is 0 Å². The van der Waals surface area contributed by atoms with Crippen LogP contribution in [0.1, 0.15) is 54.9 Å². The minimum atomic E-state index is -0.626. The molecule has 0 aromatic heterocycles. The Labute approximate surface area is 124 Å². The molecule has 0 saturated carbocycles. The van der Waals surface area contributed by atoms with E-state index in [0.29, 0.717) is 17.8 Å². The summed E-state index contributed by atoms with van der Waals surface area (Å²) in [6.07, 6.45) is 0.355. The average Bonchev–Trinajstić information content (AvgIpc) is 2.70. The van der Waals surface area contributed by atoms with Gasteiger partial charge in [-0.15, -0.1) is 0 Å². The van der Waals surface area contributed by atoms with Crippen LogP contribution in [0.5, 0.6) is 0 Å². The van der Waals surface area contributed by atoms with Crippen LogP contribution in [0.2, 0.25) is 0 Å². The van der Waals surface area contributed by atoms with Gasteiger partial charge >= 0.3 is 0 Å². The number of ether oxygens (including phenoxy) is 2. The summed E-state index contributed by atoms with van der Waals surface area (Å²) in [6, 6.07) is 0. The minimum absolute atomic E-state index is 0.0142. The van der Waals surface area contributed by atoms with E-state index in [0.717, 1.165) is 12.0 Å². The Bertz CT molecular complexity index is 338. The lowest BCUT2D eigenvalue weighted by molar-refractivity contribution is -0.0787. The summed E-state index contributed by atoms with van der Waals surface area (Å²) in [5.41, 5.74) is 6.80. The molecule has 1 heterocycles. The standard InChI is InChI=1S/C17H33NO2/c1-10(2)13(6)12(5)9-17(7,8)15-14(11(3)4)19-16(18)20-15/h10,12-16H,3,9,18H2,1-2,4-8H3. The van der Waals surface area contributed by atoms with Crippen molar-refractivity contribution in [1.82, 2.24) is 0 Å². The molecule has 0 aromatic carbocycles. The molecule has 118 valence electrons. The van der Waals surface area contributed by atoms with Crippen LogP contribution in [0, 0.1) is 23.2 Å². The largest absolute Gasteiger partial charge is 0.333 e. The molecule has 5 unspecified atom stereocenters. The summed E-state index contributed by atoms with van der Waals surface area (Å²) in [4.78, 5) is 0. The molecule has 20 heavy (non-hydrogen) atoms. The Morgan fingerprint density at radius 1 is 1.20 bits per heavy atom. The van der Waals surface area contributed by atoms with Gasteiger partial charge in [0, 0.05) is 0 Å². The third-order valence-corrected chi connectivity index (χ3v) is 4.89. The van der Waals surface area contributed by atoms with Crippen LogP contribution in [-0.2, 0) is 9.47 Å². The average molecular weight is 283 g/mol. The first-order chi connectivity index (χ1) is 9.06. The summed E-state index contributed by atoms with van der Waals surface area (Å²) in [7, 11) is 0. The SMILES string of the molecule is C=C(C)C1OC(N)OC1C(C)(C)CC(C)C(C)C(C)C. The second-order valence-electron chi connectivity index (χ2n) is 7.60. The van der Waals surface area contributed by atoms with Crippen molar-refractivity contribution in [2.45, 2.75) is 73.5 Å². The molecule has 1 fully saturated rings. The predicted molar refractivity (Wildman–Crippen MR) is 84.1 cm³/mol. The van der Waals surface area contributed by atoms with Gasteiger partial charge in [0.15, 0.2) is 0 Å². The van der Waals surface area contributed by atoms with Crippen molar-refractivity contribution in [2.24, 2.45) is 28.9 Å². The first-order valence-corrected chi connectivity index (χ1v) is 7.78. The molecule has 3 heteroatoms. The molecule has 3 nitrogen and oxygen atoms in total. The third kappa shape index (κ3) is 4.06. The maximum Gasteiger partial charge on any atom is 0.214 e. The quantitative estimate of drug-likeness (QED) is 0.751. The van der Waals surface area contributed by atoms with Crippen molar-refractivity contribution >= 4 is 0 Å². The van der Waals surface area contributed by atoms with E-state index in [4.69, 9.17) is 15.2 Å². The Hall–Kier alpha value is -0.380. The lowest BCUT2D eigenvalue weighted by atomic mass is 9.71. The molecule has 0 spiro atoms. The molecule has 0 bridgehead atoms. The van der Waals surface area contributed by atoms with Crippen LogP contribution < -0.4 is 5.73 Å². The van der Waals surface area contributed by atoms with Gasteiger partial charge in [0.05, 0.1) is 6.10 Å². The van der Waals surface area contributed by atoms with E-state index >= 15 is 0 Å². The normalized spacial score (nSPS) is 30.6. The molecule has 1 aliphatic heterocycles. The fourth-order valence-corrected chi connectivity index (χ4v) is 3.22. The maximum absolute atomic E-state index is 5.84. The molecule has 0 radical (unpaired) electrons. The van der Waals surface area contributed by atoms with E-state index in [9.17, 15) is 0 Å². The Morgan fingerprint density at radius 3 is 2.20 bits per heavy atom. The lowest BCUT2D eigenvalue weighted by Gasteiger charge is -2.37. The van der Waals surface area contributed by atoms with Crippen LogP contribution in [0.15, 0.2) is 12.2 Å². The fraction of sp³-hybridized carbons (Fsp3) is 0.882. The first-order valence-electron chi connectivity index (χ1n) is 7.78. The van der Waals surface area contributed by atoms with E-state index in [1.807, 2.05) is 6.92 Å². The molecular weight excluding hydrogens is 250 g/mol. The first kappa shape index (κ1) is 17.7. The molecular formula is C17H33NO2. The van der Waals surface area contributed by atoms with Crippen molar-refractivity contribution in [3.63, 3.8) is 0 Å². The predicted octanol–water partition coefficient (Wildman–Crippen LogP) is 3.93. The van der Waals surface area contributed by atoms with E-state index in [2.05, 4.69) is 48.1 Å². The van der Waals surface area contributed by atoms with Gasteiger partial charge in [-0.05, 0) is 42.1 Å². The summed E-state index contributed by atoms with van der Waals surface area (Å²) >= 11 is 0. The second-order valence-corrected chi connectivity index (χ2v) is 7.60. The van der Waals surface area contributed by atoms with Gasteiger partial charge in [-0.1, -0.05) is 48.1 Å². The monoisotopic (exact) mass is 283 g/mol. The van der Waals surface area contributed by atoms with Crippen molar-refractivity contribution in [3.05, 3.63) is 12.2 Å². The van der Waals surface area contributed by atoms with Crippen molar-refractivity contribution in [2.75, 3.05) is 0 Å². The second kappa shape index (κ2) is 6.59. The van der Waals surface area contributed by atoms with Gasteiger partial charge in [-0.3, -0.25) is 5.73 Å². The molecule has 2 N–H and O–H groups in total. The highest BCUT2D eigenvalue weighted by atomic mass is 16.7. The zero-order valence-corrected chi connectivity index (χ0v) is 14.3. The van der Waals surface area contributed by atoms with Crippen molar-refractivity contribution in [3.8, 4) is 0 Å². The number of hydrogen-bond donors (Lipinski definition) is 1. The van der Waals surface area contributed by atoms with Gasteiger partial charge in [0.25, 0.3) is 0 Å². The molecule has 0 aliphatic carbocycles. The fourth-order valence-electron chi connectivity index (χ4n) is 3.22. The maximum atomic E-state index is 5.84. The Kier molecular flexibility index (Phi) is 5.82. The summed E-state index contributed by atoms with van der Waals surface area (Å²) < 4.78 is 11.5. The van der Waals surface area contributed by atoms with Gasteiger partial charge in [-0.25, -0.2) is 0 Å². The Morgan fingerprint density at radius 2 is 1.75 bits per heavy atom. The highest BCUT2D eigenvalue weighted by molar-refractivity contribution is 5.07. The lowest BCUT2D eigenvalue weighted by Crippen LogP contribution is -2.40. The van der Waals surface area contributed by atoms with Crippen LogP contribution in [0.3, 0.4) is 0 Å². The molecule has 1 rings (SSSR count). The topological polar surface area (TPSA) is 44.5 Å². The zero-order valence-electron chi connectivity index (χ0n) is 14.3. The Balaban J connectivity index is 2.79. The van der Waals surface area contributed by atoms with E-state index in [-0.39, 0.29) is 17.6 Å². The highest BCUT2D eigenvalue weighted by Crippen LogP contribution is 2.41. The van der Waals surface area contributed by atoms with Gasteiger partial charge in [0.1, 0.15) is 6.10 Å². The van der Waals surface area contributed by atoms with Crippen LogP contribution in [-0.4, -0.2) is 18.6 Å². The molecule has 5 atom stereocenters. The van der Waals surface area contributed by atoms with E-state index < -0.39 is 6.41 Å². The highest BCUT2D eigenvalue weighted by Gasteiger charge is 2.45. The van der Waals surface area contributed by atoms with Gasteiger partial charge < -0.3 is 9.47 Å².